The third kappa shape index (κ3) is 5.94. The Labute approximate surface area is 229 Å². The van der Waals surface area contributed by atoms with E-state index in [1.54, 1.807) is 29.6 Å². The highest BCUT2D eigenvalue weighted by Crippen LogP contribution is 2.36. The summed E-state index contributed by atoms with van der Waals surface area (Å²) < 4.78 is 44.6. The summed E-state index contributed by atoms with van der Waals surface area (Å²) in [5.41, 5.74) is 3.22. The van der Waals surface area contributed by atoms with Crippen molar-refractivity contribution in [1.29, 1.82) is 0 Å². The van der Waals surface area contributed by atoms with Crippen LogP contribution in [0.25, 0.3) is 11.1 Å². The van der Waals surface area contributed by atoms with Crippen LogP contribution < -0.4 is 9.64 Å². The van der Waals surface area contributed by atoms with Gasteiger partial charge in [-0.15, -0.1) is 0 Å². The number of anilines is 1. The smallest absolute Gasteiger partial charge is 0.416 e. The van der Waals surface area contributed by atoms with Gasteiger partial charge in [-0.05, 0) is 53.9 Å². The van der Waals surface area contributed by atoms with Gasteiger partial charge in [-0.2, -0.15) is 13.2 Å². The van der Waals surface area contributed by atoms with Crippen molar-refractivity contribution in [2.24, 2.45) is 0 Å². The molecule has 1 aliphatic heterocycles. The normalized spacial score (nSPS) is 15.4. The number of carbonyl (C=O) groups is 1. The molecule has 0 aliphatic carbocycles. The molecule has 39 heavy (non-hydrogen) atoms. The third-order valence-electron chi connectivity index (χ3n) is 6.91. The standard InChI is InChI=1S/C29H26ClF3N4O2/c1-39-27-14-19(5-10-24(27)20-6-8-21(9-7-20)29(31,32)33)13-26(25-16-34-18-35-25)36-11-12-37(28(38)17-36)23-4-2-3-22(30)15-23/h2-10,14-16,18,26H,11-13,17H2,1H3,(H,34,35). The molecule has 4 aromatic rings. The van der Waals surface area contributed by atoms with Gasteiger partial charge in [0.1, 0.15) is 5.75 Å². The van der Waals surface area contributed by atoms with E-state index in [9.17, 15) is 18.0 Å². The van der Waals surface area contributed by atoms with Crippen molar-refractivity contribution < 1.29 is 22.7 Å². The van der Waals surface area contributed by atoms with Crippen LogP contribution in [0.5, 0.6) is 5.75 Å². The molecule has 1 amide bonds. The topological polar surface area (TPSA) is 61.5 Å². The molecular weight excluding hydrogens is 529 g/mol. The van der Waals surface area contributed by atoms with Crippen molar-refractivity contribution in [1.82, 2.24) is 14.9 Å². The zero-order valence-electron chi connectivity index (χ0n) is 21.1. The summed E-state index contributed by atoms with van der Waals surface area (Å²) in [6.45, 7) is 1.37. The molecule has 1 N–H and O–H groups in total. The Morgan fingerprint density at radius 3 is 2.51 bits per heavy atom. The van der Waals surface area contributed by atoms with Crippen LogP contribution in [0.1, 0.15) is 22.9 Å². The number of aromatic nitrogens is 2. The lowest BCUT2D eigenvalue weighted by Crippen LogP contribution is -2.51. The average molecular weight is 555 g/mol. The van der Waals surface area contributed by atoms with E-state index in [1.807, 2.05) is 30.3 Å². The minimum absolute atomic E-state index is 0.0248. The maximum absolute atomic E-state index is 13.2. The van der Waals surface area contributed by atoms with E-state index in [1.165, 1.54) is 19.2 Å². The zero-order chi connectivity index (χ0) is 27.6. The monoisotopic (exact) mass is 554 g/mol. The van der Waals surface area contributed by atoms with E-state index in [0.717, 1.165) is 29.1 Å². The van der Waals surface area contributed by atoms with Gasteiger partial charge in [0.2, 0.25) is 5.91 Å². The third-order valence-corrected chi connectivity index (χ3v) is 7.14. The number of hydrogen-bond acceptors (Lipinski definition) is 4. The van der Waals surface area contributed by atoms with Crippen molar-refractivity contribution in [3.8, 4) is 16.9 Å². The fraction of sp³-hybridized carbons (Fsp3) is 0.241. The summed E-state index contributed by atoms with van der Waals surface area (Å²) in [4.78, 5) is 24.4. The van der Waals surface area contributed by atoms with Gasteiger partial charge in [-0.3, -0.25) is 9.69 Å². The summed E-state index contributed by atoms with van der Waals surface area (Å²) in [6.07, 6.45) is -0.460. The summed E-state index contributed by atoms with van der Waals surface area (Å²) >= 11 is 6.13. The minimum atomic E-state index is -4.39. The number of carbonyl (C=O) groups excluding carboxylic acids is 1. The summed E-state index contributed by atoms with van der Waals surface area (Å²) in [7, 11) is 1.53. The Kier molecular flexibility index (Phi) is 7.63. The largest absolute Gasteiger partial charge is 0.496 e. The Balaban J connectivity index is 1.37. The van der Waals surface area contributed by atoms with E-state index in [4.69, 9.17) is 16.3 Å². The molecule has 3 aromatic carbocycles. The Hall–Kier alpha value is -3.82. The minimum Gasteiger partial charge on any atom is -0.496 e. The SMILES string of the molecule is COc1cc(CC(c2cnc[nH]2)N2CCN(c3cccc(Cl)c3)C(=O)C2)ccc1-c1ccc(C(F)(F)F)cc1. The van der Waals surface area contributed by atoms with Gasteiger partial charge < -0.3 is 14.6 Å². The number of halogens is 4. The first-order valence-electron chi connectivity index (χ1n) is 12.4. The van der Waals surface area contributed by atoms with Crippen LogP contribution in [0, 0.1) is 0 Å². The molecule has 1 saturated heterocycles. The Morgan fingerprint density at radius 2 is 1.87 bits per heavy atom. The van der Waals surface area contributed by atoms with Crippen LogP contribution in [0.15, 0.2) is 79.3 Å². The van der Waals surface area contributed by atoms with Crippen LogP contribution >= 0.6 is 11.6 Å². The second-order valence-corrected chi connectivity index (χ2v) is 9.77. The number of piperazine rings is 1. The van der Waals surface area contributed by atoms with Crippen molar-refractivity contribution in [3.63, 3.8) is 0 Å². The van der Waals surface area contributed by atoms with Gasteiger partial charge in [0.15, 0.2) is 0 Å². The number of aromatic amines is 1. The highest BCUT2D eigenvalue weighted by Gasteiger charge is 2.32. The van der Waals surface area contributed by atoms with Gasteiger partial charge in [0.05, 0.1) is 37.3 Å². The highest BCUT2D eigenvalue weighted by atomic mass is 35.5. The van der Waals surface area contributed by atoms with Gasteiger partial charge in [0.25, 0.3) is 0 Å². The molecule has 10 heteroatoms. The zero-order valence-corrected chi connectivity index (χ0v) is 21.8. The first-order valence-corrected chi connectivity index (χ1v) is 12.7. The predicted octanol–water partition coefficient (Wildman–Crippen LogP) is 6.39. The number of rotatable bonds is 7. The molecule has 202 valence electrons. The lowest BCUT2D eigenvalue weighted by molar-refractivity contribution is -0.137. The van der Waals surface area contributed by atoms with Crippen LogP contribution in [0.3, 0.4) is 0 Å². The van der Waals surface area contributed by atoms with E-state index in [0.29, 0.717) is 41.4 Å². The van der Waals surface area contributed by atoms with Crippen molar-refractivity contribution in [2.45, 2.75) is 18.6 Å². The number of ether oxygens (including phenoxy) is 1. The van der Waals surface area contributed by atoms with Crippen LogP contribution in [0.2, 0.25) is 5.02 Å². The highest BCUT2D eigenvalue weighted by molar-refractivity contribution is 6.30. The fourth-order valence-electron chi connectivity index (χ4n) is 4.92. The van der Waals surface area contributed by atoms with E-state index < -0.39 is 11.7 Å². The number of benzene rings is 3. The summed E-state index contributed by atoms with van der Waals surface area (Å²) in [5.74, 6) is 0.528. The summed E-state index contributed by atoms with van der Waals surface area (Å²) in [6, 6.07) is 17.8. The van der Waals surface area contributed by atoms with Crippen LogP contribution in [-0.2, 0) is 17.4 Å². The fourth-order valence-corrected chi connectivity index (χ4v) is 5.11. The van der Waals surface area contributed by atoms with E-state index in [-0.39, 0.29) is 18.5 Å². The molecule has 1 aliphatic rings. The second-order valence-electron chi connectivity index (χ2n) is 9.33. The number of hydrogen-bond donors (Lipinski definition) is 1. The van der Waals surface area contributed by atoms with Crippen molar-refractivity contribution >= 4 is 23.2 Å². The quantitative estimate of drug-likeness (QED) is 0.287. The molecule has 2 heterocycles. The Bertz CT molecular complexity index is 1440. The van der Waals surface area contributed by atoms with Gasteiger partial charge >= 0.3 is 6.18 Å². The van der Waals surface area contributed by atoms with E-state index >= 15 is 0 Å². The molecule has 0 bridgehead atoms. The van der Waals surface area contributed by atoms with Gasteiger partial charge in [-0.25, -0.2) is 4.98 Å². The number of H-pyrrole nitrogens is 1. The molecule has 1 aromatic heterocycles. The molecular formula is C29H26ClF3N4O2. The van der Waals surface area contributed by atoms with Crippen LogP contribution in [0.4, 0.5) is 18.9 Å². The number of nitrogens with zero attached hydrogens (tertiary/aromatic N) is 3. The molecule has 1 unspecified atom stereocenters. The maximum atomic E-state index is 13.2. The van der Waals surface area contributed by atoms with Gasteiger partial charge in [-0.1, -0.05) is 41.9 Å². The molecule has 1 atom stereocenters. The lowest BCUT2D eigenvalue weighted by atomic mass is 9.96. The first kappa shape index (κ1) is 26.8. The molecule has 6 nitrogen and oxygen atoms in total. The number of alkyl halides is 3. The van der Waals surface area contributed by atoms with Crippen molar-refractivity contribution in [2.75, 3.05) is 31.6 Å². The van der Waals surface area contributed by atoms with Crippen molar-refractivity contribution in [3.05, 3.63) is 101 Å². The number of amides is 1. The van der Waals surface area contributed by atoms with Gasteiger partial charge in [0, 0.05) is 35.6 Å². The first-order chi connectivity index (χ1) is 18.7. The maximum Gasteiger partial charge on any atom is 0.416 e. The number of methoxy groups -OCH3 is 1. The number of imidazole rings is 1. The average Bonchev–Trinajstić information content (AvgIpc) is 3.46. The van der Waals surface area contributed by atoms with Crippen LogP contribution in [-0.4, -0.2) is 47.5 Å². The summed E-state index contributed by atoms with van der Waals surface area (Å²) in [5, 5.41) is 0.576. The second kappa shape index (κ2) is 11.1. The Morgan fingerprint density at radius 1 is 1.08 bits per heavy atom. The molecule has 0 saturated carbocycles. The molecule has 5 rings (SSSR count). The molecule has 1 fully saturated rings. The number of nitrogens with one attached hydrogen (secondary N) is 1. The predicted molar refractivity (Wildman–Crippen MR) is 144 cm³/mol. The van der Waals surface area contributed by atoms with E-state index in [2.05, 4.69) is 14.9 Å². The molecule has 0 radical (unpaired) electrons. The molecule has 0 spiro atoms. The lowest BCUT2D eigenvalue weighted by Gasteiger charge is -2.38.